The highest BCUT2D eigenvalue weighted by molar-refractivity contribution is 8.45. The van der Waals surface area contributed by atoms with Crippen LogP contribution in [0.15, 0.2) is 58.3 Å². The van der Waals surface area contributed by atoms with Gasteiger partial charge in [-0.1, -0.05) is 23.9 Å². The number of hydrogen-bond donors (Lipinski definition) is 0. The molecule has 0 saturated heterocycles. The maximum atomic E-state index is 11.6. The number of carbonyl (C=O) groups excluding carboxylic acids is 1. The average Bonchev–Trinajstić information content (AvgIpc) is 2.98. The Morgan fingerprint density at radius 1 is 1.56 bits per heavy atom. The highest BCUT2D eigenvalue weighted by Crippen LogP contribution is 2.29. The Hall–Kier alpha value is -1.46. The second-order valence-corrected chi connectivity index (χ2v) is 5.52. The van der Waals surface area contributed by atoms with Gasteiger partial charge in [-0.2, -0.15) is 0 Å². The molecule has 0 N–H and O–H groups in total. The minimum atomic E-state index is -0.0225. The molecule has 1 aliphatic rings. The molecule has 0 unspecified atom stereocenters. The molecule has 0 radical (unpaired) electrons. The number of rotatable bonds is 4. The van der Waals surface area contributed by atoms with Gasteiger partial charge in [-0.05, 0) is 36.0 Å². The molecule has 3 nitrogen and oxygen atoms in total. The lowest BCUT2D eigenvalue weighted by Crippen LogP contribution is -1.86. The Kier molecular flexibility index (Phi) is 4.66. The topological polar surface area (TPSA) is 42.6 Å². The predicted molar refractivity (Wildman–Crippen MR) is 78.5 cm³/mol. The molecular weight excluding hydrogens is 266 g/mol. The monoisotopic (exact) mass is 277 g/mol. The van der Waals surface area contributed by atoms with Gasteiger partial charge in [0.05, 0.1) is 6.26 Å². The van der Waals surface area contributed by atoms with E-state index in [-0.39, 0.29) is 5.12 Å². The lowest BCUT2D eigenvalue weighted by molar-refractivity contribution is -0.107. The molecule has 0 bridgehead atoms. The maximum Gasteiger partial charge on any atom is 0.244 e. The zero-order valence-electron chi connectivity index (χ0n) is 9.54. The molecule has 2 rings (SSSR count). The third-order valence-corrected chi connectivity index (χ3v) is 3.99. The van der Waals surface area contributed by atoms with Crippen LogP contribution >= 0.6 is 23.5 Å². The fourth-order valence-electron chi connectivity index (χ4n) is 1.22. The molecule has 0 aliphatic carbocycles. The minimum Gasteiger partial charge on any atom is -0.465 e. The van der Waals surface area contributed by atoms with Gasteiger partial charge in [0.15, 0.2) is 0 Å². The summed E-state index contributed by atoms with van der Waals surface area (Å²) in [5.74, 6) is 1.50. The van der Waals surface area contributed by atoms with Crippen molar-refractivity contribution in [2.45, 2.75) is 0 Å². The summed E-state index contributed by atoms with van der Waals surface area (Å²) >= 11 is 2.68. The second-order valence-electron chi connectivity index (χ2n) is 3.29. The minimum absolute atomic E-state index is 0.0225. The number of carbonyl (C=O) groups is 1. The number of allylic oxidation sites excluding steroid dienone is 2. The van der Waals surface area contributed by atoms with Crippen LogP contribution in [0.4, 0.5) is 0 Å². The van der Waals surface area contributed by atoms with Gasteiger partial charge in [0, 0.05) is 5.75 Å². The van der Waals surface area contributed by atoms with Gasteiger partial charge < -0.3 is 4.42 Å². The van der Waals surface area contributed by atoms with E-state index in [1.807, 2.05) is 12.1 Å². The van der Waals surface area contributed by atoms with Crippen LogP contribution in [0, 0.1) is 0 Å². The fourth-order valence-corrected chi connectivity index (χ4v) is 2.83. The van der Waals surface area contributed by atoms with Crippen LogP contribution < -0.4 is 0 Å². The molecule has 5 heteroatoms. The Bertz CT molecular complexity index is 527. The third kappa shape index (κ3) is 3.51. The van der Waals surface area contributed by atoms with E-state index in [9.17, 15) is 4.79 Å². The first kappa shape index (κ1) is 13.0. The van der Waals surface area contributed by atoms with Crippen molar-refractivity contribution in [3.63, 3.8) is 0 Å². The molecule has 0 fully saturated rings. The molecular formula is C13H11NO2S2. The van der Waals surface area contributed by atoms with Gasteiger partial charge in [0.2, 0.25) is 5.12 Å². The molecule has 92 valence electrons. The van der Waals surface area contributed by atoms with Gasteiger partial charge in [-0.3, -0.25) is 4.79 Å². The van der Waals surface area contributed by atoms with Crippen molar-refractivity contribution in [1.82, 2.24) is 0 Å². The van der Waals surface area contributed by atoms with Crippen molar-refractivity contribution >= 4 is 39.1 Å². The summed E-state index contributed by atoms with van der Waals surface area (Å²) in [6, 6.07) is 3.65. The Morgan fingerprint density at radius 3 is 3.17 bits per heavy atom. The predicted octanol–water partition coefficient (Wildman–Crippen LogP) is 3.73. The molecule has 0 spiro atoms. The largest absolute Gasteiger partial charge is 0.465 e. The number of nitrogens with zero attached hydrogens (tertiary/aromatic N) is 1. The van der Waals surface area contributed by atoms with Gasteiger partial charge in [0.1, 0.15) is 15.8 Å². The van der Waals surface area contributed by atoms with Crippen LogP contribution in [0.5, 0.6) is 0 Å². The number of hydrogen-bond acceptors (Lipinski definition) is 5. The van der Waals surface area contributed by atoms with Crippen LogP contribution in [0.2, 0.25) is 0 Å². The van der Waals surface area contributed by atoms with Crippen molar-refractivity contribution < 1.29 is 9.21 Å². The Morgan fingerprint density at radius 2 is 2.44 bits per heavy atom. The molecule has 18 heavy (non-hydrogen) atoms. The van der Waals surface area contributed by atoms with E-state index in [1.165, 1.54) is 11.8 Å². The van der Waals surface area contributed by atoms with Crippen LogP contribution in [-0.4, -0.2) is 15.2 Å². The van der Waals surface area contributed by atoms with E-state index in [0.29, 0.717) is 5.70 Å². The smallest absolute Gasteiger partial charge is 0.244 e. The Balaban J connectivity index is 2.01. The summed E-state index contributed by atoms with van der Waals surface area (Å²) < 4.78 is 5.92. The first-order chi connectivity index (χ1) is 8.79. The standard InChI is InChI=1S/C13H11NO2S2/c1-2-9-17-13-14-11(12(15)18-13)7-3-5-10-6-4-8-16-10/h2-8H,1,9H2/b5-3+,11-7+. The zero-order chi connectivity index (χ0) is 12.8. The van der Waals surface area contributed by atoms with Crippen molar-refractivity contribution in [3.05, 3.63) is 54.7 Å². The van der Waals surface area contributed by atoms with Crippen molar-refractivity contribution in [2.75, 3.05) is 5.75 Å². The summed E-state index contributed by atoms with van der Waals surface area (Å²) in [7, 11) is 0. The van der Waals surface area contributed by atoms with Crippen LogP contribution in [0.1, 0.15) is 5.76 Å². The molecule has 0 atom stereocenters. The molecule has 1 aromatic heterocycles. The van der Waals surface area contributed by atoms with E-state index >= 15 is 0 Å². The first-order valence-corrected chi connectivity index (χ1v) is 7.06. The third-order valence-electron chi connectivity index (χ3n) is 1.98. The van der Waals surface area contributed by atoms with E-state index in [1.54, 1.807) is 30.6 Å². The lowest BCUT2D eigenvalue weighted by atomic mass is 10.3. The van der Waals surface area contributed by atoms with Gasteiger partial charge >= 0.3 is 0 Å². The van der Waals surface area contributed by atoms with E-state index < -0.39 is 0 Å². The number of furan rings is 1. The summed E-state index contributed by atoms with van der Waals surface area (Å²) in [5, 5.41) is -0.0225. The molecule has 2 heterocycles. The van der Waals surface area contributed by atoms with E-state index in [2.05, 4.69) is 11.6 Å². The molecule has 1 aliphatic heterocycles. The SMILES string of the molecule is C=CCSC1=N/C(=C/C=C/c2ccco2)C(=O)S1. The lowest BCUT2D eigenvalue weighted by Gasteiger charge is -1.90. The summed E-state index contributed by atoms with van der Waals surface area (Å²) in [6.07, 6.45) is 8.63. The Labute approximate surface area is 114 Å². The molecule has 0 amide bonds. The van der Waals surface area contributed by atoms with Crippen molar-refractivity contribution in [3.8, 4) is 0 Å². The quantitative estimate of drug-likeness (QED) is 0.621. The van der Waals surface area contributed by atoms with E-state index in [4.69, 9.17) is 4.42 Å². The van der Waals surface area contributed by atoms with Crippen LogP contribution in [0.25, 0.3) is 6.08 Å². The normalized spacial score (nSPS) is 17.7. The van der Waals surface area contributed by atoms with Gasteiger partial charge in [-0.15, -0.1) is 6.58 Å². The summed E-state index contributed by atoms with van der Waals surface area (Å²) in [4.78, 5) is 15.9. The highest BCUT2D eigenvalue weighted by Gasteiger charge is 2.21. The molecule has 0 saturated carbocycles. The van der Waals surface area contributed by atoms with Gasteiger partial charge in [0.25, 0.3) is 0 Å². The summed E-state index contributed by atoms with van der Waals surface area (Å²) in [5.41, 5.74) is 0.467. The average molecular weight is 277 g/mol. The number of aliphatic imine (C=N–C) groups is 1. The van der Waals surface area contributed by atoms with Crippen LogP contribution in [-0.2, 0) is 4.79 Å². The van der Waals surface area contributed by atoms with E-state index in [0.717, 1.165) is 27.7 Å². The summed E-state index contributed by atoms with van der Waals surface area (Å²) in [6.45, 7) is 3.63. The zero-order valence-corrected chi connectivity index (χ0v) is 11.2. The van der Waals surface area contributed by atoms with Gasteiger partial charge in [-0.25, -0.2) is 4.99 Å². The fraction of sp³-hybridized carbons (Fsp3) is 0.0769. The second kappa shape index (κ2) is 6.47. The number of thioether (sulfide) groups is 2. The van der Waals surface area contributed by atoms with Crippen molar-refractivity contribution in [1.29, 1.82) is 0 Å². The molecule has 1 aromatic rings. The maximum absolute atomic E-state index is 11.6. The van der Waals surface area contributed by atoms with Crippen molar-refractivity contribution in [2.24, 2.45) is 4.99 Å². The highest BCUT2D eigenvalue weighted by atomic mass is 32.2. The first-order valence-electron chi connectivity index (χ1n) is 5.26. The van der Waals surface area contributed by atoms with Crippen LogP contribution in [0.3, 0.4) is 0 Å². The molecule has 0 aromatic carbocycles.